The largest absolute Gasteiger partial charge is 0.484 e. The van der Waals surface area contributed by atoms with E-state index in [0.29, 0.717) is 23.5 Å². The lowest BCUT2D eigenvalue weighted by molar-refractivity contribution is -0.123. The smallest absolute Gasteiger partial charge is 0.287 e. The van der Waals surface area contributed by atoms with Crippen LogP contribution in [-0.2, 0) is 4.79 Å². The van der Waals surface area contributed by atoms with Crippen LogP contribution in [0.1, 0.15) is 21.7 Å². The van der Waals surface area contributed by atoms with Crippen LogP contribution in [0.2, 0.25) is 0 Å². The molecule has 0 atom stereocenters. The zero-order valence-corrected chi connectivity index (χ0v) is 15.1. The highest BCUT2D eigenvalue weighted by Crippen LogP contribution is 2.16. The summed E-state index contributed by atoms with van der Waals surface area (Å²) >= 11 is 3.13. The summed E-state index contributed by atoms with van der Waals surface area (Å²) in [5.41, 5.74) is 2.28. The fourth-order valence-corrected chi connectivity index (χ4v) is 2.21. The van der Waals surface area contributed by atoms with Crippen molar-refractivity contribution < 1.29 is 18.7 Å². The Morgan fingerprint density at radius 1 is 1.08 bits per heavy atom. The van der Waals surface area contributed by atoms with E-state index in [0.717, 1.165) is 5.56 Å². The van der Waals surface area contributed by atoms with Crippen molar-refractivity contribution in [3.8, 4) is 5.75 Å². The number of carbonyl (C=O) groups excluding carboxylic acids is 2. The molecule has 1 aromatic carbocycles. The number of carbonyl (C=O) groups is 2. The lowest BCUT2D eigenvalue weighted by Crippen LogP contribution is -2.36. The minimum atomic E-state index is -0.332. The second-order valence-electron chi connectivity index (χ2n) is 5.24. The lowest BCUT2D eigenvalue weighted by atomic mass is 10.1. The second-order valence-corrected chi connectivity index (χ2v) is 6.03. The van der Waals surface area contributed by atoms with Gasteiger partial charge in [-0.15, -0.1) is 0 Å². The Morgan fingerprint density at radius 2 is 1.83 bits per heavy atom. The van der Waals surface area contributed by atoms with Crippen molar-refractivity contribution in [1.82, 2.24) is 10.6 Å². The fraction of sp³-hybridized carbons (Fsp3) is 0.294. The molecule has 2 aromatic rings. The number of rotatable bonds is 7. The van der Waals surface area contributed by atoms with Gasteiger partial charge in [0.1, 0.15) is 5.75 Å². The van der Waals surface area contributed by atoms with Crippen molar-refractivity contribution in [2.45, 2.75) is 13.8 Å². The standard InChI is InChI=1S/C17H19BrN2O4/c1-11-3-4-13(9-12(11)2)23-10-16(21)19-7-8-20-17(22)14-5-6-15(18)24-14/h3-6,9H,7-8,10H2,1-2H3,(H,19,21)(H,20,22). The van der Waals surface area contributed by atoms with Crippen LogP contribution in [0.25, 0.3) is 0 Å². The van der Waals surface area contributed by atoms with E-state index in [2.05, 4.69) is 26.6 Å². The average Bonchev–Trinajstić information content (AvgIpc) is 2.99. The molecule has 1 heterocycles. The summed E-state index contributed by atoms with van der Waals surface area (Å²) < 4.78 is 11.1. The first kappa shape index (κ1) is 18.1. The van der Waals surface area contributed by atoms with Crippen LogP contribution in [-0.4, -0.2) is 31.5 Å². The molecule has 24 heavy (non-hydrogen) atoms. The fourth-order valence-electron chi connectivity index (χ4n) is 1.90. The zero-order chi connectivity index (χ0) is 17.5. The van der Waals surface area contributed by atoms with E-state index in [1.165, 1.54) is 5.56 Å². The maximum atomic E-state index is 11.7. The molecule has 0 saturated carbocycles. The van der Waals surface area contributed by atoms with Gasteiger partial charge in [0, 0.05) is 13.1 Å². The summed E-state index contributed by atoms with van der Waals surface area (Å²) in [7, 11) is 0. The van der Waals surface area contributed by atoms with Crippen molar-refractivity contribution in [2.75, 3.05) is 19.7 Å². The predicted octanol–water partition coefficient (Wildman–Crippen LogP) is 2.58. The summed E-state index contributed by atoms with van der Waals surface area (Å²) in [5, 5.41) is 5.32. The van der Waals surface area contributed by atoms with Gasteiger partial charge < -0.3 is 19.8 Å². The van der Waals surface area contributed by atoms with Gasteiger partial charge in [0.2, 0.25) is 0 Å². The van der Waals surface area contributed by atoms with E-state index in [1.54, 1.807) is 12.1 Å². The quantitative estimate of drug-likeness (QED) is 0.707. The highest BCUT2D eigenvalue weighted by molar-refractivity contribution is 9.10. The molecule has 0 bridgehead atoms. The molecule has 2 amide bonds. The van der Waals surface area contributed by atoms with Crippen molar-refractivity contribution >= 4 is 27.7 Å². The van der Waals surface area contributed by atoms with Crippen LogP contribution < -0.4 is 15.4 Å². The summed E-state index contributed by atoms with van der Waals surface area (Å²) in [4.78, 5) is 23.4. The maximum Gasteiger partial charge on any atom is 0.287 e. The van der Waals surface area contributed by atoms with E-state index in [1.807, 2.05) is 32.0 Å². The molecule has 0 fully saturated rings. The Kier molecular flexibility index (Phi) is 6.43. The van der Waals surface area contributed by atoms with Gasteiger partial charge in [-0.25, -0.2) is 0 Å². The van der Waals surface area contributed by atoms with Crippen molar-refractivity contribution in [3.63, 3.8) is 0 Å². The summed E-state index contributed by atoms with van der Waals surface area (Å²) in [5.74, 6) is 0.292. The van der Waals surface area contributed by atoms with E-state index < -0.39 is 0 Å². The number of halogens is 1. The van der Waals surface area contributed by atoms with E-state index in [4.69, 9.17) is 9.15 Å². The van der Waals surface area contributed by atoms with E-state index in [9.17, 15) is 9.59 Å². The van der Waals surface area contributed by atoms with Gasteiger partial charge in [-0.3, -0.25) is 9.59 Å². The van der Waals surface area contributed by atoms with Gasteiger partial charge in [-0.05, 0) is 65.2 Å². The summed E-state index contributed by atoms with van der Waals surface area (Å²) in [6.45, 7) is 4.54. The normalized spacial score (nSPS) is 10.3. The highest BCUT2D eigenvalue weighted by atomic mass is 79.9. The van der Waals surface area contributed by atoms with Crippen LogP contribution in [0, 0.1) is 13.8 Å². The molecule has 0 aliphatic heterocycles. The minimum absolute atomic E-state index is 0.0679. The molecule has 0 saturated heterocycles. The van der Waals surface area contributed by atoms with Gasteiger partial charge in [-0.2, -0.15) is 0 Å². The molecule has 2 rings (SSSR count). The van der Waals surface area contributed by atoms with Crippen LogP contribution >= 0.6 is 15.9 Å². The first-order valence-electron chi connectivity index (χ1n) is 7.46. The van der Waals surface area contributed by atoms with Gasteiger partial charge in [-0.1, -0.05) is 6.07 Å². The maximum absolute atomic E-state index is 11.7. The van der Waals surface area contributed by atoms with Crippen molar-refractivity contribution in [3.05, 3.63) is 51.9 Å². The van der Waals surface area contributed by atoms with Crippen LogP contribution in [0.4, 0.5) is 0 Å². The van der Waals surface area contributed by atoms with Crippen LogP contribution in [0.3, 0.4) is 0 Å². The van der Waals surface area contributed by atoms with Crippen LogP contribution in [0.15, 0.2) is 39.4 Å². The average molecular weight is 395 g/mol. The Labute approximate surface area is 148 Å². The third-order valence-electron chi connectivity index (χ3n) is 3.38. The van der Waals surface area contributed by atoms with Gasteiger partial charge >= 0.3 is 0 Å². The molecule has 6 nitrogen and oxygen atoms in total. The SMILES string of the molecule is Cc1ccc(OCC(=O)NCCNC(=O)c2ccc(Br)o2)cc1C. The molecule has 7 heteroatoms. The van der Waals surface area contributed by atoms with E-state index >= 15 is 0 Å². The number of nitrogens with one attached hydrogen (secondary N) is 2. The Balaban J connectivity index is 1.64. The molecule has 0 aliphatic carbocycles. The Hall–Kier alpha value is -2.28. The molecular formula is C17H19BrN2O4. The number of benzene rings is 1. The van der Waals surface area contributed by atoms with Crippen LogP contribution in [0.5, 0.6) is 5.75 Å². The molecule has 128 valence electrons. The third kappa shape index (κ3) is 5.42. The molecule has 0 spiro atoms. The summed E-state index contributed by atoms with van der Waals surface area (Å²) in [6.07, 6.45) is 0. The molecule has 1 aromatic heterocycles. The molecule has 0 aliphatic rings. The number of hydrogen-bond donors (Lipinski definition) is 2. The minimum Gasteiger partial charge on any atom is -0.484 e. The van der Waals surface area contributed by atoms with Crippen molar-refractivity contribution in [1.29, 1.82) is 0 Å². The van der Waals surface area contributed by atoms with Gasteiger partial charge in [0.05, 0.1) is 0 Å². The van der Waals surface area contributed by atoms with Crippen molar-refractivity contribution in [2.24, 2.45) is 0 Å². The first-order valence-corrected chi connectivity index (χ1v) is 8.25. The number of amides is 2. The molecule has 0 unspecified atom stereocenters. The van der Waals surface area contributed by atoms with Gasteiger partial charge in [0.15, 0.2) is 17.0 Å². The van der Waals surface area contributed by atoms with E-state index in [-0.39, 0.29) is 24.2 Å². The lowest BCUT2D eigenvalue weighted by Gasteiger charge is -2.09. The topological polar surface area (TPSA) is 80.6 Å². The Bertz CT molecular complexity index is 727. The number of furan rings is 1. The number of hydrogen-bond acceptors (Lipinski definition) is 4. The molecule has 0 radical (unpaired) electrons. The Morgan fingerprint density at radius 3 is 2.50 bits per heavy atom. The molecule has 2 N–H and O–H groups in total. The number of aryl methyl sites for hydroxylation is 2. The summed E-state index contributed by atoms with van der Waals surface area (Å²) in [6, 6.07) is 8.88. The second kappa shape index (κ2) is 8.54. The third-order valence-corrected chi connectivity index (χ3v) is 3.80. The monoisotopic (exact) mass is 394 g/mol. The molecular weight excluding hydrogens is 376 g/mol. The van der Waals surface area contributed by atoms with Gasteiger partial charge in [0.25, 0.3) is 11.8 Å². The first-order chi connectivity index (χ1) is 11.5. The number of ether oxygens (including phenoxy) is 1. The highest BCUT2D eigenvalue weighted by Gasteiger charge is 2.09. The zero-order valence-electron chi connectivity index (χ0n) is 13.5. The predicted molar refractivity (Wildman–Crippen MR) is 93.2 cm³/mol.